The summed E-state index contributed by atoms with van der Waals surface area (Å²) in [4.78, 5) is 11.8. The highest BCUT2D eigenvalue weighted by molar-refractivity contribution is 6.31. The molecular formula is C18H21ClN2O3. The Kier molecular flexibility index (Phi) is 6.75. The van der Waals surface area contributed by atoms with Crippen LogP contribution in [-0.2, 0) is 0 Å². The fourth-order valence-electron chi connectivity index (χ4n) is 2.00. The lowest BCUT2D eigenvalue weighted by molar-refractivity contribution is 0.247. The third kappa shape index (κ3) is 5.66. The van der Waals surface area contributed by atoms with Crippen molar-refractivity contribution in [2.75, 3.05) is 25.1 Å². The average molecular weight is 349 g/mol. The van der Waals surface area contributed by atoms with Gasteiger partial charge in [0.05, 0.1) is 13.2 Å². The number of nitrogens with one attached hydrogen (secondary N) is 2. The number of rotatable bonds is 7. The topological polar surface area (TPSA) is 59.6 Å². The molecule has 0 aliphatic heterocycles. The number of urea groups is 1. The van der Waals surface area contributed by atoms with Gasteiger partial charge < -0.3 is 20.1 Å². The minimum Gasteiger partial charge on any atom is -0.494 e. The fraction of sp³-hybridized carbons (Fsp3) is 0.278. The molecule has 2 aromatic rings. The lowest BCUT2D eigenvalue weighted by Crippen LogP contribution is -2.32. The second kappa shape index (κ2) is 9.03. The van der Waals surface area contributed by atoms with Crippen LogP contribution < -0.4 is 20.1 Å². The molecule has 24 heavy (non-hydrogen) atoms. The molecule has 128 valence electrons. The molecule has 0 fully saturated rings. The smallest absolute Gasteiger partial charge is 0.319 e. The Morgan fingerprint density at radius 2 is 1.88 bits per heavy atom. The van der Waals surface area contributed by atoms with Gasteiger partial charge in [0.15, 0.2) is 0 Å². The van der Waals surface area contributed by atoms with E-state index >= 15 is 0 Å². The van der Waals surface area contributed by atoms with Crippen LogP contribution in [0.5, 0.6) is 11.5 Å². The monoisotopic (exact) mass is 348 g/mol. The number of hydrogen-bond donors (Lipinski definition) is 2. The van der Waals surface area contributed by atoms with Crippen molar-refractivity contribution < 1.29 is 14.3 Å². The maximum Gasteiger partial charge on any atom is 0.319 e. The van der Waals surface area contributed by atoms with Gasteiger partial charge in [0.1, 0.15) is 18.1 Å². The summed E-state index contributed by atoms with van der Waals surface area (Å²) in [6.07, 6.45) is 0. The first-order chi connectivity index (χ1) is 11.6. The van der Waals surface area contributed by atoms with Crippen LogP contribution in [0.15, 0.2) is 42.5 Å². The molecule has 0 aliphatic carbocycles. The van der Waals surface area contributed by atoms with Crippen LogP contribution in [0.1, 0.15) is 12.5 Å². The molecule has 0 radical (unpaired) electrons. The van der Waals surface area contributed by atoms with Crippen LogP contribution in [-0.4, -0.2) is 25.8 Å². The number of ether oxygens (including phenoxy) is 2. The summed E-state index contributed by atoms with van der Waals surface area (Å²) in [6.45, 7) is 5.18. The number of amides is 2. The van der Waals surface area contributed by atoms with Crippen LogP contribution >= 0.6 is 11.6 Å². The predicted molar refractivity (Wildman–Crippen MR) is 96.3 cm³/mol. The van der Waals surface area contributed by atoms with E-state index < -0.39 is 0 Å². The molecule has 0 aromatic heterocycles. The lowest BCUT2D eigenvalue weighted by Gasteiger charge is -2.10. The lowest BCUT2D eigenvalue weighted by atomic mass is 10.2. The summed E-state index contributed by atoms with van der Waals surface area (Å²) >= 11 is 6.03. The number of aryl methyl sites for hydroxylation is 1. The molecule has 0 unspecified atom stereocenters. The van der Waals surface area contributed by atoms with E-state index in [1.807, 2.05) is 44.2 Å². The van der Waals surface area contributed by atoms with E-state index in [0.29, 0.717) is 36.2 Å². The number of carbonyl (C=O) groups is 1. The van der Waals surface area contributed by atoms with Crippen molar-refractivity contribution >= 4 is 23.3 Å². The Balaban J connectivity index is 1.72. The first kappa shape index (κ1) is 17.9. The Hall–Kier alpha value is -2.40. The normalized spacial score (nSPS) is 10.1. The van der Waals surface area contributed by atoms with Crippen LogP contribution in [0.3, 0.4) is 0 Å². The van der Waals surface area contributed by atoms with Gasteiger partial charge in [0.2, 0.25) is 0 Å². The second-order valence-corrected chi connectivity index (χ2v) is 5.51. The maximum atomic E-state index is 11.8. The molecule has 2 aromatic carbocycles. The molecule has 0 saturated heterocycles. The predicted octanol–water partition coefficient (Wildman–Crippen LogP) is 4.25. The van der Waals surface area contributed by atoms with Crippen molar-refractivity contribution in [3.05, 3.63) is 53.1 Å². The highest BCUT2D eigenvalue weighted by Crippen LogP contribution is 2.20. The zero-order valence-electron chi connectivity index (χ0n) is 13.8. The van der Waals surface area contributed by atoms with Crippen molar-refractivity contribution in [2.24, 2.45) is 0 Å². The molecule has 5 nitrogen and oxygen atoms in total. The minimum absolute atomic E-state index is 0.304. The zero-order valence-corrected chi connectivity index (χ0v) is 14.5. The molecule has 2 amide bonds. The van der Waals surface area contributed by atoms with Gasteiger partial charge in [-0.05, 0) is 43.7 Å². The van der Waals surface area contributed by atoms with Gasteiger partial charge in [-0.3, -0.25) is 0 Å². The molecular weight excluding hydrogens is 328 g/mol. The Bertz CT molecular complexity index is 692. The second-order valence-electron chi connectivity index (χ2n) is 5.10. The summed E-state index contributed by atoms with van der Waals surface area (Å²) in [5.41, 5.74) is 1.61. The summed E-state index contributed by atoms with van der Waals surface area (Å²) < 4.78 is 11.0. The molecule has 0 saturated carbocycles. The van der Waals surface area contributed by atoms with Crippen molar-refractivity contribution in [1.82, 2.24) is 5.32 Å². The van der Waals surface area contributed by atoms with E-state index in [9.17, 15) is 4.79 Å². The number of benzene rings is 2. The largest absolute Gasteiger partial charge is 0.494 e. The van der Waals surface area contributed by atoms with Crippen molar-refractivity contribution in [2.45, 2.75) is 13.8 Å². The van der Waals surface area contributed by atoms with Crippen LogP contribution in [0.25, 0.3) is 0 Å². The first-order valence-electron chi connectivity index (χ1n) is 7.75. The molecule has 0 spiro atoms. The van der Waals surface area contributed by atoms with Crippen molar-refractivity contribution in [3.8, 4) is 11.5 Å². The Morgan fingerprint density at radius 1 is 1.12 bits per heavy atom. The SMILES string of the molecule is CCOc1cccc(OCCNC(=O)Nc2ccc(C)c(Cl)c2)c1. The van der Waals surface area contributed by atoms with Crippen molar-refractivity contribution in [1.29, 1.82) is 0 Å². The molecule has 0 aliphatic rings. The van der Waals surface area contributed by atoms with Crippen LogP contribution in [0, 0.1) is 6.92 Å². The molecule has 6 heteroatoms. The Labute approximate surface area is 146 Å². The standard InChI is InChI=1S/C18H21ClN2O3/c1-3-23-15-5-4-6-16(12-15)24-10-9-20-18(22)21-14-8-7-13(2)17(19)11-14/h4-8,11-12H,3,9-10H2,1-2H3,(H2,20,21,22). The summed E-state index contributed by atoms with van der Waals surface area (Å²) in [6, 6.07) is 12.5. The number of hydrogen-bond acceptors (Lipinski definition) is 3. The highest BCUT2D eigenvalue weighted by atomic mass is 35.5. The van der Waals surface area contributed by atoms with Gasteiger partial charge in [-0.1, -0.05) is 23.7 Å². The number of anilines is 1. The number of halogens is 1. The molecule has 2 rings (SSSR count). The van der Waals surface area contributed by atoms with E-state index in [0.717, 1.165) is 11.3 Å². The third-order valence-corrected chi connectivity index (χ3v) is 3.61. The van der Waals surface area contributed by atoms with Crippen LogP contribution in [0.2, 0.25) is 5.02 Å². The van der Waals surface area contributed by atoms with Gasteiger partial charge in [-0.25, -0.2) is 4.79 Å². The zero-order chi connectivity index (χ0) is 17.4. The maximum absolute atomic E-state index is 11.8. The molecule has 0 bridgehead atoms. The number of carbonyl (C=O) groups excluding carboxylic acids is 1. The summed E-state index contributed by atoms with van der Waals surface area (Å²) in [5.74, 6) is 1.46. The summed E-state index contributed by atoms with van der Waals surface area (Å²) in [5, 5.41) is 6.07. The van der Waals surface area contributed by atoms with Crippen LogP contribution in [0.4, 0.5) is 10.5 Å². The van der Waals surface area contributed by atoms with Gasteiger partial charge in [0, 0.05) is 16.8 Å². The van der Waals surface area contributed by atoms with Gasteiger partial charge >= 0.3 is 6.03 Å². The van der Waals surface area contributed by atoms with E-state index in [1.165, 1.54) is 0 Å². The van der Waals surface area contributed by atoms with E-state index in [1.54, 1.807) is 12.1 Å². The summed E-state index contributed by atoms with van der Waals surface area (Å²) in [7, 11) is 0. The van der Waals surface area contributed by atoms with E-state index in [2.05, 4.69) is 10.6 Å². The first-order valence-corrected chi connectivity index (χ1v) is 8.13. The molecule has 0 atom stereocenters. The molecule has 0 heterocycles. The minimum atomic E-state index is -0.304. The van der Waals surface area contributed by atoms with Gasteiger partial charge in [-0.15, -0.1) is 0 Å². The van der Waals surface area contributed by atoms with Gasteiger partial charge in [0.25, 0.3) is 0 Å². The Morgan fingerprint density at radius 3 is 2.58 bits per heavy atom. The molecule has 2 N–H and O–H groups in total. The fourth-order valence-corrected chi connectivity index (χ4v) is 2.18. The average Bonchev–Trinajstić information content (AvgIpc) is 2.56. The van der Waals surface area contributed by atoms with Crippen molar-refractivity contribution in [3.63, 3.8) is 0 Å². The van der Waals surface area contributed by atoms with Gasteiger partial charge in [-0.2, -0.15) is 0 Å². The van der Waals surface area contributed by atoms with E-state index in [4.69, 9.17) is 21.1 Å². The third-order valence-electron chi connectivity index (χ3n) is 3.20. The van der Waals surface area contributed by atoms with E-state index in [-0.39, 0.29) is 6.03 Å². The quantitative estimate of drug-likeness (QED) is 0.735. The highest BCUT2D eigenvalue weighted by Gasteiger charge is 2.03.